The van der Waals surface area contributed by atoms with E-state index in [1.54, 1.807) is 45.0 Å². The average molecular weight is 868 g/mol. The number of hydrogen-bond donors (Lipinski definition) is 0. The number of nitrogens with zero attached hydrogens (tertiary/aromatic N) is 2. The average Bonchev–Trinajstić information content (AvgIpc) is 3.66. The predicted octanol–water partition coefficient (Wildman–Crippen LogP) is 12.8. The van der Waals surface area contributed by atoms with Crippen LogP contribution in [0.1, 0.15) is 95.4 Å². The first kappa shape index (κ1) is 20.0. The van der Waals surface area contributed by atoms with Crippen molar-refractivity contribution in [1.82, 2.24) is 9.97 Å². The van der Waals surface area contributed by atoms with Crippen LogP contribution in [-0.2, 0) is 32.9 Å². The van der Waals surface area contributed by atoms with Gasteiger partial charge in [0.25, 0.3) is 0 Å². The number of pyridine rings is 2. The van der Waals surface area contributed by atoms with E-state index >= 15 is 0 Å². The summed E-state index contributed by atoms with van der Waals surface area (Å²) in [7, 11) is 0. The largest absolute Gasteiger partial charge is 0.501 e. The van der Waals surface area contributed by atoms with Crippen LogP contribution in [0.3, 0.4) is 0 Å². The minimum absolute atomic E-state index is 0. The van der Waals surface area contributed by atoms with Gasteiger partial charge in [-0.05, 0) is 89.5 Å². The summed E-state index contributed by atoms with van der Waals surface area (Å²) in [5.74, 6) is 0. The Morgan fingerprint density at radius 3 is 2.16 bits per heavy atom. The molecule has 0 N–H and O–H groups in total. The van der Waals surface area contributed by atoms with E-state index in [9.17, 15) is 0 Å². The maximum Gasteiger partial charge on any atom is 0.120 e. The van der Waals surface area contributed by atoms with E-state index in [4.69, 9.17) is 30.5 Å². The third-order valence-corrected chi connectivity index (χ3v) is 7.30. The number of para-hydroxylation sites is 1. The third-order valence-electron chi connectivity index (χ3n) is 7.30. The summed E-state index contributed by atoms with van der Waals surface area (Å²) < 4.78 is 161. The summed E-state index contributed by atoms with van der Waals surface area (Å²) >= 11 is 0. The Hall–Kier alpha value is -4.37. The number of hydrogen-bond acceptors (Lipinski definition) is 3. The number of aromatic nitrogens is 2. The number of rotatable bonds is 5. The van der Waals surface area contributed by atoms with Crippen LogP contribution in [-0.4, -0.2) is 9.97 Å². The zero-order chi connectivity index (χ0) is 51.9. The second kappa shape index (κ2) is 15.5. The smallest absolute Gasteiger partial charge is 0.120 e. The molecule has 0 aliphatic carbocycles. The van der Waals surface area contributed by atoms with Crippen molar-refractivity contribution in [3.05, 3.63) is 143 Å². The topological polar surface area (TPSA) is 38.9 Å². The molecular formula is C47H48IrN2O-2. The number of furan rings is 1. The number of aryl methyl sites for hydroxylation is 3. The minimum atomic E-state index is -2.79. The van der Waals surface area contributed by atoms with E-state index < -0.39 is 80.4 Å². The molecule has 3 heterocycles. The number of fused-ring (bicyclic) bond motifs is 3. The molecular weight excluding hydrogens is 801 g/mol. The van der Waals surface area contributed by atoms with Crippen molar-refractivity contribution in [3.8, 4) is 33.6 Å². The molecule has 51 heavy (non-hydrogen) atoms. The minimum Gasteiger partial charge on any atom is -0.501 e. The molecule has 0 unspecified atom stereocenters. The van der Waals surface area contributed by atoms with Crippen molar-refractivity contribution in [1.29, 1.82) is 0 Å². The Kier molecular flexibility index (Phi) is 6.08. The van der Waals surface area contributed by atoms with E-state index in [0.717, 1.165) is 6.20 Å². The normalized spacial score (nSPS) is 18.4. The van der Waals surface area contributed by atoms with Gasteiger partial charge in [-0.15, -0.1) is 53.5 Å². The molecule has 1 radical (unpaired) electrons. The molecule has 263 valence electrons. The summed E-state index contributed by atoms with van der Waals surface area (Å²) in [5.41, 5.74) is -0.359. The van der Waals surface area contributed by atoms with Gasteiger partial charge in [0, 0.05) is 57.1 Å². The molecule has 0 spiro atoms. The molecule has 4 aromatic carbocycles. The van der Waals surface area contributed by atoms with Crippen LogP contribution in [0.15, 0.2) is 108 Å². The standard InChI is InChI=1S/C30H28NO.C17H20N.Ir/c1-19-15-21(17-30(3,4)5)13-14-22(19)26-16-27(31-18-20(26)2)25-11-8-10-24-23-9-6-7-12-28(23)32-29(24)25;1-13-5-8-15(9-6-13)16-10-7-14(12-18-16)11-17(2,3)4;/h6-10,12-16,18H,17H2,1-5H3;5-8,10,12H,11H2,1-4H3;/q2*-1;/i1D3,2D3,6D,7D,8D,9D,10D,12D,17D2;1D3,11D2;. The molecule has 3 nitrogen and oxygen atoms in total. The summed E-state index contributed by atoms with van der Waals surface area (Å²) in [6.07, 6.45) is -0.865. The van der Waals surface area contributed by atoms with Gasteiger partial charge in [-0.2, -0.15) is 0 Å². The van der Waals surface area contributed by atoms with Crippen LogP contribution in [0.4, 0.5) is 0 Å². The van der Waals surface area contributed by atoms with E-state index in [0.29, 0.717) is 16.8 Å². The Bertz CT molecular complexity index is 3090. The number of benzene rings is 4. The molecule has 4 heteroatoms. The van der Waals surface area contributed by atoms with Crippen LogP contribution in [0.5, 0.6) is 0 Å². The van der Waals surface area contributed by atoms with Crippen LogP contribution in [0.2, 0.25) is 0 Å². The molecule has 7 aromatic rings. The van der Waals surface area contributed by atoms with Gasteiger partial charge in [0.05, 0.1) is 11.1 Å². The molecule has 3 aromatic heterocycles. The van der Waals surface area contributed by atoms with Gasteiger partial charge in [-0.25, -0.2) is 0 Å². The van der Waals surface area contributed by atoms with Gasteiger partial charge >= 0.3 is 0 Å². The summed E-state index contributed by atoms with van der Waals surface area (Å²) in [6, 6.07) is 16.1. The van der Waals surface area contributed by atoms with Gasteiger partial charge in [0.1, 0.15) is 5.58 Å². The zero-order valence-electron chi connectivity index (χ0n) is 48.0. The van der Waals surface area contributed by atoms with E-state index in [-0.39, 0.29) is 86.7 Å². The molecule has 0 atom stereocenters. The fourth-order valence-electron chi connectivity index (χ4n) is 5.26. The first-order chi connectivity index (χ1) is 31.4. The molecule has 0 saturated carbocycles. The first-order valence-electron chi connectivity index (χ1n) is 25.4. The molecule has 0 bridgehead atoms. The summed E-state index contributed by atoms with van der Waals surface area (Å²) in [4.78, 5) is 8.60. The Morgan fingerprint density at radius 2 is 1.47 bits per heavy atom. The van der Waals surface area contributed by atoms with Crippen LogP contribution >= 0.6 is 0 Å². The van der Waals surface area contributed by atoms with Crippen LogP contribution in [0.25, 0.3) is 55.6 Å². The fourth-order valence-corrected chi connectivity index (χ4v) is 5.26. The van der Waals surface area contributed by atoms with Gasteiger partial charge < -0.3 is 14.4 Å². The maximum atomic E-state index is 8.68. The van der Waals surface area contributed by atoms with E-state index in [1.165, 1.54) is 36.5 Å². The second-order valence-electron chi connectivity index (χ2n) is 13.8. The molecule has 0 amide bonds. The van der Waals surface area contributed by atoms with Crippen molar-refractivity contribution >= 4 is 21.9 Å². The third kappa shape index (κ3) is 9.30. The Labute approximate surface area is 344 Å². The van der Waals surface area contributed by atoms with E-state index in [1.807, 2.05) is 20.8 Å². The van der Waals surface area contributed by atoms with E-state index in [2.05, 4.69) is 22.1 Å². The summed E-state index contributed by atoms with van der Waals surface area (Å²) in [5, 5.41) is -0.191. The zero-order valence-corrected chi connectivity index (χ0v) is 31.4. The van der Waals surface area contributed by atoms with Crippen molar-refractivity contribution in [3.63, 3.8) is 0 Å². The van der Waals surface area contributed by atoms with Crippen molar-refractivity contribution in [2.75, 3.05) is 0 Å². The SMILES string of the molecule is [2H]C([2H])([2H])c1c[c-]c(-c2ccc(C([2H])([2H])C(C)(C)C)cn2)cc1.[2H]c1[c-]c(-c2cc(-c3ccc(C([2H])([2H])C(C)(C)C)cc3C([2H])([2H])[2H])c(C([2H])([2H])[2H])cn2)c2oc3c([2H])c([2H])c([2H])c([2H])c3c2c1[2H].[Ir]. The quantitative estimate of drug-likeness (QED) is 0.162. The fraction of sp³-hybridized carbons (Fsp3) is 0.277. The van der Waals surface area contributed by atoms with Crippen molar-refractivity contribution < 1.29 is 50.6 Å². The Balaban J connectivity index is 0.000000320. The Morgan fingerprint density at radius 1 is 0.725 bits per heavy atom. The monoisotopic (exact) mass is 868 g/mol. The van der Waals surface area contributed by atoms with Crippen molar-refractivity contribution in [2.45, 2.75) is 74.8 Å². The molecule has 0 fully saturated rings. The van der Waals surface area contributed by atoms with Gasteiger partial charge in [0.15, 0.2) is 0 Å². The second-order valence-corrected chi connectivity index (χ2v) is 13.8. The van der Waals surface area contributed by atoms with Crippen LogP contribution < -0.4 is 0 Å². The molecule has 0 aliphatic heterocycles. The van der Waals surface area contributed by atoms with Gasteiger partial charge in [-0.3, -0.25) is 0 Å². The van der Waals surface area contributed by atoms with Crippen molar-refractivity contribution in [2.24, 2.45) is 10.8 Å². The summed E-state index contributed by atoms with van der Waals surface area (Å²) in [6.45, 7) is 2.90. The predicted molar refractivity (Wildman–Crippen MR) is 210 cm³/mol. The van der Waals surface area contributed by atoms with Gasteiger partial charge in [-0.1, -0.05) is 114 Å². The maximum absolute atomic E-state index is 8.68. The molecule has 0 saturated heterocycles. The molecule has 0 aliphatic rings. The molecule has 7 rings (SSSR count). The van der Waals surface area contributed by atoms with Crippen LogP contribution in [0, 0.1) is 43.5 Å². The first-order valence-corrected chi connectivity index (χ1v) is 15.9. The van der Waals surface area contributed by atoms with Gasteiger partial charge in [0.2, 0.25) is 0 Å².